The number of halogens is 2. The van der Waals surface area contributed by atoms with Crippen LogP contribution in [0.5, 0.6) is 0 Å². The van der Waals surface area contributed by atoms with Crippen LogP contribution in [-0.2, 0) is 11.2 Å². The molecule has 1 aromatic heterocycles. The fourth-order valence-electron chi connectivity index (χ4n) is 4.23. The average Bonchev–Trinajstić information content (AvgIpc) is 2.92. The largest absolute Gasteiger partial charge is 0.390 e. The second-order valence-corrected chi connectivity index (χ2v) is 10.7. The van der Waals surface area contributed by atoms with E-state index in [-0.39, 0.29) is 47.4 Å². The molecule has 0 radical (unpaired) electrons. The summed E-state index contributed by atoms with van der Waals surface area (Å²) in [5.41, 5.74) is 0.582. The van der Waals surface area contributed by atoms with Gasteiger partial charge in [0, 0.05) is 44.6 Å². The van der Waals surface area contributed by atoms with E-state index in [0.717, 1.165) is 31.0 Å². The van der Waals surface area contributed by atoms with E-state index in [1.165, 1.54) is 18.5 Å². The van der Waals surface area contributed by atoms with Crippen LogP contribution in [0.25, 0.3) is 0 Å². The van der Waals surface area contributed by atoms with Crippen LogP contribution in [0.3, 0.4) is 0 Å². The van der Waals surface area contributed by atoms with Crippen molar-refractivity contribution in [2.75, 3.05) is 26.2 Å². The van der Waals surface area contributed by atoms with Gasteiger partial charge in [-0.2, -0.15) is 0 Å². The number of aliphatic hydroxyl groups is 1. The first-order valence-corrected chi connectivity index (χ1v) is 14.1. The van der Waals surface area contributed by atoms with Crippen molar-refractivity contribution in [2.24, 2.45) is 5.92 Å². The number of benzene rings is 1. The van der Waals surface area contributed by atoms with Crippen LogP contribution in [0, 0.1) is 17.6 Å². The van der Waals surface area contributed by atoms with E-state index in [1.807, 2.05) is 27.7 Å². The Bertz CT molecular complexity index is 1140. The normalized spacial score (nSPS) is 13.4. The third kappa shape index (κ3) is 11.2. The maximum absolute atomic E-state index is 13.9. The number of hydrogen-bond acceptors (Lipinski definition) is 6. The number of carbonyl (C=O) groups excluding carboxylic acids is 3. The molecule has 9 nitrogen and oxygen atoms in total. The molecule has 226 valence electrons. The van der Waals surface area contributed by atoms with Crippen molar-refractivity contribution in [3.8, 4) is 0 Å². The monoisotopic (exact) mass is 575 g/mol. The summed E-state index contributed by atoms with van der Waals surface area (Å²) in [6.45, 7) is 11.1. The molecule has 0 aliphatic rings. The summed E-state index contributed by atoms with van der Waals surface area (Å²) in [5, 5.41) is 19.5. The van der Waals surface area contributed by atoms with Gasteiger partial charge in [-0.25, -0.2) is 8.78 Å². The SMILES string of the molecule is CCCN(CCC)C(=O)c1cncc(C(=O)NC(Cc2cc(F)cc(F)c2)C(O)CN[C@@H](C)C(=O)NCC(C)C)c1. The minimum atomic E-state index is -1.23. The number of rotatable bonds is 16. The average molecular weight is 576 g/mol. The van der Waals surface area contributed by atoms with Crippen LogP contribution < -0.4 is 16.0 Å². The topological polar surface area (TPSA) is 124 Å². The highest BCUT2D eigenvalue weighted by Gasteiger charge is 2.25. The fraction of sp³-hybridized carbons (Fsp3) is 0.533. The van der Waals surface area contributed by atoms with Crippen molar-refractivity contribution < 1.29 is 28.3 Å². The zero-order valence-electron chi connectivity index (χ0n) is 24.5. The molecule has 0 fully saturated rings. The van der Waals surface area contributed by atoms with Gasteiger partial charge in [-0.1, -0.05) is 27.7 Å². The van der Waals surface area contributed by atoms with Gasteiger partial charge in [0.2, 0.25) is 5.91 Å². The van der Waals surface area contributed by atoms with Gasteiger partial charge in [-0.05, 0) is 55.9 Å². The summed E-state index contributed by atoms with van der Waals surface area (Å²) in [7, 11) is 0. The third-order valence-corrected chi connectivity index (χ3v) is 6.39. The molecule has 0 aliphatic carbocycles. The van der Waals surface area contributed by atoms with E-state index in [1.54, 1.807) is 11.8 Å². The maximum Gasteiger partial charge on any atom is 0.255 e. The third-order valence-electron chi connectivity index (χ3n) is 6.39. The molecule has 2 rings (SSSR count). The highest BCUT2D eigenvalue weighted by molar-refractivity contribution is 5.99. The van der Waals surface area contributed by atoms with Gasteiger partial charge < -0.3 is 26.0 Å². The van der Waals surface area contributed by atoms with Gasteiger partial charge >= 0.3 is 0 Å². The molecule has 2 aromatic rings. The first kappa shape index (κ1) is 33.8. The second-order valence-electron chi connectivity index (χ2n) is 10.7. The molecular weight excluding hydrogens is 532 g/mol. The van der Waals surface area contributed by atoms with E-state index in [9.17, 15) is 28.3 Å². The number of amides is 3. The first-order valence-electron chi connectivity index (χ1n) is 14.1. The van der Waals surface area contributed by atoms with Crippen LogP contribution >= 0.6 is 0 Å². The number of aromatic nitrogens is 1. The molecule has 1 heterocycles. The van der Waals surface area contributed by atoms with Gasteiger partial charge in [-0.3, -0.25) is 19.4 Å². The molecule has 2 unspecified atom stereocenters. The summed E-state index contributed by atoms with van der Waals surface area (Å²) in [4.78, 5) is 44.4. The molecule has 4 N–H and O–H groups in total. The van der Waals surface area contributed by atoms with Gasteiger partial charge in [0.05, 0.1) is 29.3 Å². The maximum atomic E-state index is 13.9. The first-order chi connectivity index (χ1) is 19.4. The quantitative estimate of drug-likeness (QED) is 0.244. The number of carbonyl (C=O) groups is 3. The molecule has 0 saturated heterocycles. The van der Waals surface area contributed by atoms with Gasteiger partial charge in [0.1, 0.15) is 11.6 Å². The highest BCUT2D eigenvalue weighted by atomic mass is 19.1. The van der Waals surface area contributed by atoms with Gasteiger partial charge in [0.15, 0.2) is 0 Å². The lowest BCUT2D eigenvalue weighted by atomic mass is 10.00. The molecule has 41 heavy (non-hydrogen) atoms. The standard InChI is InChI=1S/C30H43F2N5O4/c1-6-8-37(9-7-2)30(41)23-13-22(16-33-17-23)29(40)36-26(12-21-10-24(31)14-25(32)11-21)27(38)18-34-20(5)28(39)35-15-19(3)4/h10-11,13-14,16-17,19-20,26-27,34,38H,6-9,12,15,18H2,1-5H3,(H,35,39)(H,36,40)/t20-,26?,27?/m0/s1. The van der Waals surface area contributed by atoms with E-state index in [2.05, 4.69) is 20.9 Å². The minimum Gasteiger partial charge on any atom is -0.390 e. The number of aliphatic hydroxyl groups excluding tert-OH is 1. The Kier molecular flexibility index (Phi) is 13.8. The Morgan fingerprint density at radius 3 is 2.12 bits per heavy atom. The van der Waals surface area contributed by atoms with E-state index >= 15 is 0 Å². The lowest BCUT2D eigenvalue weighted by Gasteiger charge is -2.26. The Morgan fingerprint density at radius 2 is 1.54 bits per heavy atom. The van der Waals surface area contributed by atoms with Crippen molar-refractivity contribution in [3.63, 3.8) is 0 Å². The number of hydrogen-bond donors (Lipinski definition) is 4. The predicted molar refractivity (Wildman–Crippen MR) is 153 cm³/mol. The summed E-state index contributed by atoms with van der Waals surface area (Å²) in [5.74, 6) is -2.40. The predicted octanol–water partition coefficient (Wildman–Crippen LogP) is 3.07. The molecule has 0 saturated carbocycles. The zero-order valence-corrected chi connectivity index (χ0v) is 24.5. The van der Waals surface area contributed by atoms with Crippen LogP contribution in [0.15, 0.2) is 36.7 Å². The van der Waals surface area contributed by atoms with Crippen molar-refractivity contribution in [1.82, 2.24) is 25.8 Å². The van der Waals surface area contributed by atoms with E-state index in [4.69, 9.17) is 0 Å². The van der Waals surface area contributed by atoms with Crippen molar-refractivity contribution in [3.05, 3.63) is 65.0 Å². The molecule has 0 spiro atoms. The van der Waals surface area contributed by atoms with E-state index in [0.29, 0.717) is 19.6 Å². The highest BCUT2D eigenvalue weighted by Crippen LogP contribution is 2.14. The van der Waals surface area contributed by atoms with Crippen molar-refractivity contribution in [1.29, 1.82) is 0 Å². The van der Waals surface area contributed by atoms with Crippen LogP contribution in [0.1, 0.15) is 73.7 Å². The van der Waals surface area contributed by atoms with Crippen LogP contribution in [-0.4, -0.2) is 77.1 Å². The fourth-order valence-corrected chi connectivity index (χ4v) is 4.23. The molecule has 3 atom stereocenters. The Morgan fingerprint density at radius 1 is 0.927 bits per heavy atom. The molecule has 1 aromatic carbocycles. The van der Waals surface area contributed by atoms with Crippen LogP contribution in [0.4, 0.5) is 8.78 Å². The molecule has 0 aliphatic heterocycles. The number of nitrogens with one attached hydrogen (secondary N) is 3. The van der Waals surface area contributed by atoms with Crippen molar-refractivity contribution >= 4 is 17.7 Å². The summed E-state index contributed by atoms with van der Waals surface area (Å²) < 4.78 is 27.8. The molecule has 0 bridgehead atoms. The molecule has 3 amide bonds. The van der Waals surface area contributed by atoms with Crippen molar-refractivity contribution in [2.45, 2.75) is 72.1 Å². The summed E-state index contributed by atoms with van der Waals surface area (Å²) in [6, 6.07) is 2.81. The van der Waals surface area contributed by atoms with Gasteiger partial charge in [0.25, 0.3) is 11.8 Å². The summed E-state index contributed by atoms with van der Waals surface area (Å²) in [6.07, 6.45) is 2.95. The lowest BCUT2D eigenvalue weighted by molar-refractivity contribution is -0.123. The zero-order chi connectivity index (χ0) is 30.5. The Hall–Kier alpha value is -3.44. The lowest BCUT2D eigenvalue weighted by Crippen LogP contribution is -2.52. The number of pyridine rings is 1. The number of nitrogens with zero attached hydrogens (tertiary/aromatic N) is 2. The van der Waals surface area contributed by atoms with E-state index < -0.39 is 35.7 Å². The van der Waals surface area contributed by atoms with Gasteiger partial charge in [-0.15, -0.1) is 0 Å². The van der Waals surface area contributed by atoms with Crippen LogP contribution in [0.2, 0.25) is 0 Å². The minimum absolute atomic E-state index is 0.0845. The second kappa shape index (κ2) is 16.7. The summed E-state index contributed by atoms with van der Waals surface area (Å²) >= 11 is 0. The molecule has 11 heteroatoms. The molecular formula is C30H43F2N5O4. The smallest absolute Gasteiger partial charge is 0.255 e. The Balaban J connectivity index is 2.22. The Labute approximate surface area is 241 Å².